The van der Waals surface area contributed by atoms with Crippen molar-refractivity contribution in [3.63, 3.8) is 0 Å². The van der Waals surface area contributed by atoms with Gasteiger partial charge in [-0.1, -0.05) is 24.6 Å². The van der Waals surface area contributed by atoms with Gasteiger partial charge in [0.2, 0.25) is 0 Å². The van der Waals surface area contributed by atoms with Crippen LogP contribution in [0.25, 0.3) is 22.2 Å². The maximum atomic E-state index is 13.9. The molecule has 2 aromatic heterocycles. The maximum absolute atomic E-state index is 13.9. The van der Waals surface area contributed by atoms with Gasteiger partial charge in [-0.25, -0.2) is 4.98 Å². The number of H-pyrrole nitrogens is 1. The summed E-state index contributed by atoms with van der Waals surface area (Å²) in [5.41, 5.74) is 2.02. The van der Waals surface area contributed by atoms with E-state index >= 15 is 0 Å². The predicted molar refractivity (Wildman–Crippen MR) is 138 cm³/mol. The zero-order valence-electron chi connectivity index (χ0n) is 21.1. The molecule has 2 atom stereocenters. The summed E-state index contributed by atoms with van der Waals surface area (Å²) >= 11 is 0. The number of alkyl halides is 3. The predicted octanol–water partition coefficient (Wildman–Crippen LogP) is 6.20. The van der Waals surface area contributed by atoms with Gasteiger partial charge in [-0.3, -0.25) is 20.8 Å². The Balaban J connectivity index is 1.61. The topological polar surface area (TPSA) is 95.7 Å². The van der Waals surface area contributed by atoms with E-state index in [-0.39, 0.29) is 12.0 Å². The van der Waals surface area contributed by atoms with Crippen molar-refractivity contribution in [2.75, 3.05) is 20.1 Å². The molecule has 3 heterocycles. The molecule has 1 aliphatic heterocycles. The number of likely N-dealkylation sites (tertiary alicyclic amines) is 1. The van der Waals surface area contributed by atoms with Gasteiger partial charge in [-0.15, -0.1) is 0 Å². The van der Waals surface area contributed by atoms with Crippen molar-refractivity contribution in [2.24, 2.45) is 5.92 Å². The molecule has 37 heavy (non-hydrogen) atoms. The lowest BCUT2D eigenvalue weighted by Crippen LogP contribution is -2.36. The zero-order valence-corrected chi connectivity index (χ0v) is 21.1. The number of benzene rings is 1. The standard InChI is InChI=1S/C27H32F3N7/c1-16(37-11-3-4-12-37)23-25-20(14-21(33-23)27(28,29)30)24(34-35-25)19-10-6-9-18(13-19)22(17-7-5-8-17)26(32)36(2)15-31/h6,9-10,13-17,22,31-32H,3-5,7-8,11-12H2,1-2H3,(H,34,35). The van der Waals surface area contributed by atoms with Crippen LogP contribution in [0.3, 0.4) is 0 Å². The molecule has 7 nitrogen and oxygen atoms in total. The quantitative estimate of drug-likeness (QED) is 0.260. The minimum Gasteiger partial charge on any atom is -0.324 e. The SMILES string of the molecule is CC(c1nc(C(F)(F)F)cc2c(-c3cccc(C(C(=N)N(C)C=N)C4CCC4)c3)n[nH]c12)N1CCCC1. The van der Waals surface area contributed by atoms with Crippen LogP contribution < -0.4 is 0 Å². The smallest absolute Gasteiger partial charge is 0.324 e. The average Bonchev–Trinajstić information content (AvgIpc) is 3.54. The van der Waals surface area contributed by atoms with Crippen molar-refractivity contribution < 1.29 is 13.2 Å². The monoisotopic (exact) mass is 511 g/mol. The van der Waals surface area contributed by atoms with Crippen LogP contribution in [-0.4, -0.2) is 57.3 Å². The van der Waals surface area contributed by atoms with Crippen LogP contribution >= 0.6 is 0 Å². The summed E-state index contributed by atoms with van der Waals surface area (Å²) in [5, 5.41) is 24.2. The van der Waals surface area contributed by atoms with Crippen molar-refractivity contribution in [2.45, 2.75) is 57.2 Å². The first-order valence-corrected chi connectivity index (χ1v) is 12.8. The Bertz CT molecular complexity index is 1310. The van der Waals surface area contributed by atoms with Gasteiger partial charge in [0, 0.05) is 23.9 Å². The lowest BCUT2D eigenvalue weighted by atomic mass is 9.72. The van der Waals surface area contributed by atoms with E-state index in [0.29, 0.717) is 39.6 Å². The number of rotatable bonds is 7. The first-order chi connectivity index (χ1) is 17.7. The highest BCUT2D eigenvalue weighted by Crippen LogP contribution is 2.42. The number of nitrogens with one attached hydrogen (secondary N) is 3. The maximum Gasteiger partial charge on any atom is 0.433 e. The third kappa shape index (κ3) is 4.74. The largest absolute Gasteiger partial charge is 0.433 e. The van der Waals surface area contributed by atoms with Crippen LogP contribution in [0.5, 0.6) is 0 Å². The van der Waals surface area contributed by atoms with E-state index in [9.17, 15) is 13.2 Å². The van der Waals surface area contributed by atoms with Gasteiger partial charge in [-0.2, -0.15) is 18.3 Å². The number of fused-ring (bicyclic) bond motifs is 1. The third-order valence-corrected chi connectivity index (χ3v) is 7.97. The van der Waals surface area contributed by atoms with E-state index in [2.05, 4.69) is 20.1 Å². The number of amidine groups is 1. The molecule has 0 bridgehead atoms. The summed E-state index contributed by atoms with van der Waals surface area (Å²) in [6.07, 6.45) is 1.73. The fourth-order valence-electron chi connectivity index (χ4n) is 5.61. The molecule has 1 saturated carbocycles. The van der Waals surface area contributed by atoms with Crippen LogP contribution in [0.15, 0.2) is 30.3 Å². The van der Waals surface area contributed by atoms with Crippen LogP contribution in [-0.2, 0) is 6.18 Å². The summed E-state index contributed by atoms with van der Waals surface area (Å²) in [7, 11) is 1.70. The summed E-state index contributed by atoms with van der Waals surface area (Å²) < 4.78 is 41.8. The first-order valence-electron chi connectivity index (χ1n) is 12.8. The molecule has 5 rings (SSSR count). The molecule has 1 saturated heterocycles. The Morgan fingerprint density at radius 1 is 1.19 bits per heavy atom. The minimum absolute atomic E-state index is 0.191. The fraction of sp³-hybridized carbons (Fsp3) is 0.481. The molecule has 196 valence electrons. The van der Waals surface area contributed by atoms with E-state index in [1.54, 1.807) is 7.05 Å². The normalized spacial score (nSPS) is 18.5. The van der Waals surface area contributed by atoms with Gasteiger partial charge < -0.3 is 4.90 Å². The van der Waals surface area contributed by atoms with Crippen molar-refractivity contribution in [3.8, 4) is 11.3 Å². The molecule has 2 fully saturated rings. The van der Waals surface area contributed by atoms with Crippen LogP contribution in [0.1, 0.15) is 67.9 Å². The molecule has 1 aliphatic carbocycles. The Labute approximate surface area is 214 Å². The molecule has 0 amide bonds. The number of hydrogen-bond donors (Lipinski definition) is 3. The second kappa shape index (κ2) is 9.89. The molecule has 2 unspecified atom stereocenters. The molecule has 10 heteroatoms. The van der Waals surface area contributed by atoms with E-state index in [1.165, 1.54) is 4.90 Å². The van der Waals surface area contributed by atoms with Crippen molar-refractivity contribution in [1.82, 2.24) is 25.0 Å². The molecular weight excluding hydrogens is 479 g/mol. The number of pyridine rings is 1. The van der Waals surface area contributed by atoms with E-state index in [1.807, 2.05) is 31.2 Å². The van der Waals surface area contributed by atoms with Gasteiger partial charge in [0.1, 0.15) is 17.2 Å². The van der Waals surface area contributed by atoms with Gasteiger partial charge in [0.25, 0.3) is 0 Å². The zero-order chi connectivity index (χ0) is 26.3. The Kier molecular flexibility index (Phi) is 6.78. The number of halogens is 3. The summed E-state index contributed by atoms with van der Waals surface area (Å²) in [6.45, 7) is 3.58. The van der Waals surface area contributed by atoms with Gasteiger partial charge in [0.05, 0.1) is 23.6 Å². The minimum atomic E-state index is -4.58. The van der Waals surface area contributed by atoms with E-state index in [0.717, 1.165) is 63.2 Å². The molecule has 1 aromatic carbocycles. The summed E-state index contributed by atoms with van der Waals surface area (Å²) in [4.78, 5) is 7.74. The van der Waals surface area contributed by atoms with Crippen LogP contribution in [0.2, 0.25) is 0 Å². The van der Waals surface area contributed by atoms with Gasteiger partial charge in [0.15, 0.2) is 0 Å². The molecule has 2 aliphatic rings. The second-order valence-electron chi connectivity index (χ2n) is 10.2. The number of aromatic amines is 1. The number of hydrogen-bond acceptors (Lipinski definition) is 5. The fourth-order valence-corrected chi connectivity index (χ4v) is 5.61. The van der Waals surface area contributed by atoms with Crippen molar-refractivity contribution in [1.29, 1.82) is 10.8 Å². The summed E-state index contributed by atoms with van der Waals surface area (Å²) in [6, 6.07) is 8.42. The lowest BCUT2D eigenvalue weighted by molar-refractivity contribution is -0.141. The lowest BCUT2D eigenvalue weighted by Gasteiger charge is -2.36. The van der Waals surface area contributed by atoms with Crippen molar-refractivity contribution in [3.05, 3.63) is 47.3 Å². The van der Waals surface area contributed by atoms with E-state index in [4.69, 9.17) is 10.8 Å². The van der Waals surface area contributed by atoms with E-state index < -0.39 is 11.9 Å². The third-order valence-electron chi connectivity index (χ3n) is 7.97. The molecular formula is C27H32F3N7. The van der Waals surface area contributed by atoms with Gasteiger partial charge in [-0.05, 0) is 69.3 Å². The Morgan fingerprint density at radius 3 is 2.54 bits per heavy atom. The highest BCUT2D eigenvalue weighted by atomic mass is 19.4. The molecule has 0 radical (unpaired) electrons. The Morgan fingerprint density at radius 2 is 1.92 bits per heavy atom. The number of aromatic nitrogens is 3. The second-order valence-corrected chi connectivity index (χ2v) is 10.2. The number of nitrogens with zero attached hydrogens (tertiary/aromatic N) is 4. The number of likely N-dealkylation sites (N-methyl/N-ethyl adjacent to an activating group) is 1. The highest BCUT2D eigenvalue weighted by Gasteiger charge is 2.36. The highest BCUT2D eigenvalue weighted by molar-refractivity contribution is 5.96. The van der Waals surface area contributed by atoms with Crippen LogP contribution in [0, 0.1) is 16.7 Å². The Hall–Kier alpha value is -3.27. The molecule has 3 N–H and O–H groups in total. The van der Waals surface area contributed by atoms with Crippen LogP contribution in [0.4, 0.5) is 13.2 Å². The molecule has 0 spiro atoms. The van der Waals surface area contributed by atoms with Crippen molar-refractivity contribution >= 4 is 23.1 Å². The van der Waals surface area contributed by atoms with Gasteiger partial charge >= 0.3 is 6.18 Å². The average molecular weight is 512 g/mol. The summed E-state index contributed by atoms with van der Waals surface area (Å²) in [5.74, 6) is 0.452. The molecule has 3 aromatic rings. The first kappa shape index (κ1) is 25.4.